The number of rotatable bonds is 3. The molecule has 0 aliphatic heterocycles. The van der Waals surface area contributed by atoms with E-state index in [2.05, 4.69) is 11.2 Å². The van der Waals surface area contributed by atoms with Gasteiger partial charge in [-0.05, 0) is 12.1 Å². The maximum atomic E-state index is 11.7. The van der Waals surface area contributed by atoms with Crippen molar-refractivity contribution in [1.82, 2.24) is 9.55 Å². The van der Waals surface area contributed by atoms with Crippen LogP contribution in [-0.4, -0.2) is 15.5 Å². The van der Waals surface area contributed by atoms with Gasteiger partial charge in [-0.1, -0.05) is 41.4 Å². The smallest absolute Gasteiger partial charge is 0.250 e. The average molecular weight is 331 g/mol. The molecule has 1 aromatic carbocycles. The number of aromatic nitrogens is 2. The van der Waals surface area contributed by atoms with Crippen LogP contribution in [0.25, 0.3) is 16.8 Å². The second-order valence-electron chi connectivity index (χ2n) is 4.60. The number of amides is 1. The zero-order chi connectivity index (χ0) is 15.7. The van der Waals surface area contributed by atoms with Gasteiger partial charge in [-0.3, -0.25) is 9.78 Å². The largest absolute Gasteiger partial charge is 0.366 e. The predicted molar refractivity (Wildman–Crippen MR) is 86.4 cm³/mol. The Bertz CT molecular complexity index is 858. The van der Waals surface area contributed by atoms with Crippen LogP contribution in [0.15, 0.2) is 48.9 Å². The molecule has 2 aromatic heterocycles. The molecule has 1 radical (unpaired) electrons. The highest BCUT2D eigenvalue weighted by Gasteiger charge is 2.17. The topological polar surface area (TPSA) is 60.9 Å². The van der Waals surface area contributed by atoms with Crippen LogP contribution in [-0.2, 0) is 0 Å². The number of carbonyl (C=O) groups is 1. The number of halogens is 2. The minimum Gasteiger partial charge on any atom is -0.366 e. The number of nitrogens with zero attached hydrogens (tertiary/aromatic N) is 2. The Morgan fingerprint density at radius 3 is 2.59 bits per heavy atom. The third kappa shape index (κ3) is 2.58. The monoisotopic (exact) mass is 330 g/mol. The summed E-state index contributed by atoms with van der Waals surface area (Å²) in [5.41, 5.74) is 7.87. The van der Waals surface area contributed by atoms with E-state index in [1.807, 2.05) is 18.2 Å². The van der Waals surface area contributed by atoms with Crippen LogP contribution in [0.5, 0.6) is 0 Å². The van der Waals surface area contributed by atoms with E-state index in [1.165, 1.54) is 6.20 Å². The molecule has 0 unspecified atom stereocenters. The molecule has 0 spiro atoms. The first-order chi connectivity index (χ1) is 10.6. The summed E-state index contributed by atoms with van der Waals surface area (Å²) in [7, 11) is 0. The fourth-order valence-electron chi connectivity index (χ4n) is 2.21. The summed E-state index contributed by atoms with van der Waals surface area (Å²) in [5, 5.41) is 0.977. The van der Waals surface area contributed by atoms with E-state index in [0.717, 1.165) is 5.56 Å². The van der Waals surface area contributed by atoms with Crippen molar-refractivity contribution in [3.8, 4) is 16.8 Å². The number of hydrogen-bond donors (Lipinski definition) is 1. The van der Waals surface area contributed by atoms with Crippen LogP contribution >= 0.6 is 23.2 Å². The molecule has 6 heteroatoms. The van der Waals surface area contributed by atoms with Gasteiger partial charge in [0, 0.05) is 34.7 Å². The second kappa shape index (κ2) is 5.83. The zero-order valence-electron chi connectivity index (χ0n) is 11.3. The van der Waals surface area contributed by atoms with Crippen molar-refractivity contribution in [3.05, 3.63) is 70.7 Å². The van der Waals surface area contributed by atoms with Gasteiger partial charge in [-0.2, -0.15) is 0 Å². The van der Waals surface area contributed by atoms with Crippen molar-refractivity contribution in [2.24, 2.45) is 5.73 Å². The van der Waals surface area contributed by atoms with E-state index in [9.17, 15) is 4.79 Å². The molecule has 1 amide bonds. The molecule has 0 atom stereocenters. The summed E-state index contributed by atoms with van der Waals surface area (Å²) in [6.45, 7) is 0. The lowest BCUT2D eigenvalue weighted by Gasteiger charge is -2.04. The van der Waals surface area contributed by atoms with Crippen molar-refractivity contribution in [2.75, 3.05) is 0 Å². The van der Waals surface area contributed by atoms with Gasteiger partial charge in [-0.15, -0.1) is 0 Å². The summed E-state index contributed by atoms with van der Waals surface area (Å²) in [6.07, 6.45) is 7.58. The fraction of sp³-hybridized carbons (Fsp3) is 0. The lowest BCUT2D eigenvalue weighted by atomic mass is 10.0. The number of hydrogen-bond acceptors (Lipinski definition) is 2. The van der Waals surface area contributed by atoms with Crippen molar-refractivity contribution < 1.29 is 4.79 Å². The minimum atomic E-state index is -0.539. The van der Waals surface area contributed by atoms with Crippen molar-refractivity contribution in [2.45, 2.75) is 0 Å². The van der Waals surface area contributed by atoms with Crippen molar-refractivity contribution in [1.29, 1.82) is 0 Å². The van der Waals surface area contributed by atoms with E-state index in [4.69, 9.17) is 28.9 Å². The first-order valence-corrected chi connectivity index (χ1v) is 7.12. The van der Waals surface area contributed by atoms with Gasteiger partial charge in [0.2, 0.25) is 0 Å². The van der Waals surface area contributed by atoms with Crippen LogP contribution in [0, 0.1) is 6.20 Å². The molecule has 0 saturated heterocycles. The SMILES string of the molecule is NC(=O)c1cn(-c2c[c]ncc2Cl)cc1-c1ccccc1Cl. The number of carbonyl (C=O) groups excluding carboxylic acids is 1. The van der Waals surface area contributed by atoms with E-state index >= 15 is 0 Å². The lowest BCUT2D eigenvalue weighted by molar-refractivity contribution is 0.100. The summed E-state index contributed by atoms with van der Waals surface area (Å²) in [6, 6.07) is 8.88. The first-order valence-electron chi connectivity index (χ1n) is 6.36. The van der Waals surface area contributed by atoms with E-state index in [-0.39, 0.29) is 0 Å². The minimum absolute atomic E-state index is 0.362. The Hall–Kier alpha value is -2.30. The van der Waals surface area contributed by atoms with E-state index < -0.39 is 5.91 Å². The van der Waals surface area contributed by atoms with Crippen LogP contribution in [0.4, 0.5) is 0 Å². The maximum Gasteiger partial charge on any atom is 0.250 e. The predicted octanol–water partition coefficient (Wildman–Crippen LogP) is 3.75. The third-order valence-electron chi connectivity index (χ3n) is 3.23. The highest BCUT2D eigenvalue weighted by Crippen LogP contribution is 2.32. The molecule has 0 saturated carbocycles. The molecule has 2 heterocycles. The molecule has 4 nitrogen and oxygen atoms in total. The van der Waals surface area contributed by atoms with Gasteiger partial charge in [0.15, 0.2) is 0 Å². The molecule has 109 valence electrons. The normalized spacial score (nSPS) is 10.6. The summed E-state index contributed by atoms with van der Waals surface area (Å²) < 4.78 is 1.71. The number of benzene rings is 1. The van der Waals surface area contributed by atoms with Crippen molar-refractivity contribution >= 4 is 29.1 Å². The van der Waals surface area contributed by atoms with Gasteiger partial charge in [-0.25, -0.2) is 0 Å². The first kappa shape index (κ1) is 14.6. The summed E-state index contributed by atoms with van der Waals surface area (Å²) >= 11 is 12.4. The molecular weight excluding hydrogens is 321 g/mol. The number of nitrogens with two attached hydrogens (primary N) is 1. The molecule has 0 aliphatic carbocycles. The molecule has 2 N–H and O–H groups in total. The molecule has 0 bridgehead atoms. The Morgan fingerprint density at radius 2 is 1.91 bits per heavy atom. The van der Waals surface area contributed by atoms with Gasteiger partial charge in [0.25, 0.3) is 5.91 Å². The maximum absolute atomic E-state index is 11.7. The van der Waals surface area contributed by atoms with Crippen LogP contribution in [0.2, 0.25) is 10.0 Å². The lowest BCUT2D eigenvalue weighted by Crippen LogP contribution is -2.11. The fourth-order valence-corrected chi connectivity index (χ4v) is 2.65. The van der Waals surface area contributed by atoms with E-state index in [1.54, 1.807) is 29.1 Å². The van der Waals surface area contributed by atoms with Crippen molar-refractivity contribution in [3.63, 3.8) is 0 Å². The Morgan fingerprint density at radius 1 is 1.14 bits per heavy atom. The second-order valence-corrected chi connectivity index (χ2v) is 5.42. The van der Waals surface area contributed by atoms with Gasteiger partial charge in [0.05, 0.1) is 22.5 Å². The number of pyridine rings is 1. The van der Waals surface area contributed by atoms with E-state index in [0.29, 0.717) is 26.9 Å². The quantitative estimate of drug-likeness (QED) is 0.795. The molecule has 22 heavy (non-hydrogen) atoms. The van der Waals surface area contributed by atoms with Gasteiger partial charge < -0.3 is 10.3 Å². The zero-order valence-corrected chi connectivity index (χ0v) is 12.8. The summed E-state index contributed by atoms with van der Waals surface area (Å²) in [4.78, 5) is 15.6. The standard InChI is InChI=1S/C16H10Cl2N3O/c17-13-4-2-1-3-10(13)11-8-21(9-12(11)16(19)22)15-5-6-20-7-14(15)18/h1-5,7-9H,(H2,19,22). The summed E-state index contributed by atoms with van der Waals surface area (Å²) in [5.74, 6) is -0.539. The van der Waals surface area contributed by atoms with Crippen LogP contribution < -0.4 is 5.73 Å². The average Bonchev–Trinajstić information content (AvgIpc) is 2.93. The third-order valence-corrected chi connectivity index (χ3v) is 3.85. The molecular formula is C16H10Cl2N3O. The van der Waals surface area contributed by atoms with Gasteiger partial charge in [0.1, 0.15) is 0 Å². The highest BCUT2D eigenvalue weighted by molar-refractivity contribution is 6.33. The highest BCUT2D eigenvalue weighted by atomic mass is 35.5. The number of primary amides is 1. The van der Waals surface area contributed by atoms with Crippen LogP contribution in [0.3, 0.4) is 0 Å². The Balaban J connectivity index is 2.22. The Labute approximate surface area is 137 Å². The van der Waals surface area contributed by atoms with Crippen LogP contribution in [0.1, 0.15) is 10.4 Å². The van der Waals surface area contributed by atoms with Gasteiger partial charge >= 0.3 is 0 Å². The molecule has 3 rings (SSSR count). The molecule has 0 aliphatic rings. The molecule has 3 aromatic rings. The molecule has 0 fully saturated rings. The Kier molecular flexibility index (Phi) is 3.88.